The minimum atomic E-state index is -3.10. The highest BCUT2D eigenvalue weighted by Crippen LogP contribution is 2.37. The average Bonchev–Trinajstić information content (AvgIpc) is 3.41. The van der Waals surface area contributed by atoms with E-state index in [1.165, 1.54) is 6.26 Å². The fourth-order valence-electron chi connectivity index (χ4n) is 7.60. The van der Waals surface area contributed by atoms with Crippen molar-refractivity contribution < 1.29 is 41.8 Å². The number of carbonyl (C=O) groups is 4. The van der Waals surface area contributed by atoms with Crippen LogP contribution >= 0.6 is 0 Å². The smallest absolute Gasteiger partial charge is 0.175 e. The zero-order valence-electron chi connectivity index (χ0n) is 32.4. The van der Waals surface area contributed by atoms with Gasteiger partial charge in [-0.2, -0.15) is 0 Å². The molecule has 6 rings (SSSR count). The Hall–Kier alpha value is -4.93. The molecule has 0 heterocycles. The molecule has 4 aromatic rings. The van der Waals surface area contributed by atoms with E-state index in [1.807, 2.05) is 54.6 Å². The molecule has 10 heteroatoms. The first kappa shape index (κ1) is 40.7. The summed E-state index contributed by atoms with van der Waals surface area (Å²) in [6.45, 7) is 6.45. The Morgan fingerprint density at radius 2 is 1.32 bits per heavy atom. The number of rotatable bonds is 18. The predicted molar refractivity (Wildman–Crippen MR) is 214 cm³/mol. The van der Waals surface area contributed by atoms with E-state index in [0.717, 1.165) is 65.0 Å². The predicted octanol–water partition coefficient (Wildman–Crippen LogP) is 7.88. The van der Waals surface area contributed by atoms with E-state index in [4.69, 9.17) is 14.2 Å². The van der Waals surface area contributed by atoms with Gasteiger partial charge in [-0.3, -0.25) is 19.2 Å². The van der Waals surface area contributed by atoms with Gasteiger partial charge in [-0.15, -0.1) is 0 Å². The fourth-order valence-corrected chi connectivity index (χ4v) is 8.38. The normalized spacial score (nSPS) is 17.3. The molecule has 2 aliphatic carbocycles. The largest absolute Gasteiger partial charge is 0.494 e. The van der Waals surface area contributed by atoms with Gasteiger partial charge in [0.05, 0.1) is 24.7 Å². The number of hydrogen-bond donors (Lipinski definition) is 0. The molecule has 1 saturated carbocycles. The van der Waals surface area contributed by atoms with Crippen molar-refractivity contribution in [2.24, 2.45) is 11.8 Å². The van der Waals surface area contributed by atoms with Crippen LogP contribution in [-0.4, -0.2) is 57.6 Å². The van der Waals surface area contributed by atoms with Crippen LogP contribution in [0.4, 0.5) is 0 Å². The van der Waals surface area contributed by atoms with Gasteiger partial charge in [-0.1, -0.05) is 74.5 Å². The van der Waals surface area contributed by atoms with Gasteiger partial charge in [-0.05, 0) is 83.8 Å². The number of ketones is 4. The topological polar surface area (TPSA) is 130 Å². The molecular weight excluding hydrogens is 729 g/mol. The molecule has 1 fully saturated rings. The molecule has 0 amide bonds. The highest BCUT2D eigenvalue weighted by atomic mass is 32.2. The third-order valence-corrected chi connectivity index (χ3v) is 11.6. The molecule has 0 aromatic heterocycles. The average molecular weight is 779 g/mol. The number of hydrogen-bond acceptors (Lipinski definition) is 9. The summed E-state index contributed by atoms with van der Waals surface area (Å²) in [5, 5.41) is 0. The second-order valence-corrected chi connectivity index (χ2v) is 17.7. The van der Waals surface area contributed by atoms with Crippen LogP contribution in [0.25, 0.3) is 0 Å². The maximum absolute atomic E-state index is 13.2. The van der Waals surface area contributed by atoms with E-state index >= 15 is 0 Å². The first-order chi connectivity index (χ1) is 26.8. The third kappa shape index (κ3) is 10.3. The number of unbranched alkanes of at least 4 members (excludes halogenated alkanes) is 1. The van der Waals surface area contributed by atoms with Gasteiger partial charge >= 0.3 is 0 Å². The zero-order valence-corrected chi connectivity index (χ0v) is 33.2. The molecule has 2 aliphatic rings. The number of ether oxygens (including phenoxy) is 3. The Bertz CT molecular complexity index is 2170. The van der Waals surface area contributed by atoms with Crippen molar-refractivity contribution in [1.82, 2.24) is 0 Å². The second-order valence-electron chi connectivity index (χ2n) is 15.5. The lowest BCUT2D eigenvalue weighted by Gasteiger charge is -2.26. The molecule has 0 bridgehead atoms. The molecule has 0 radical (unpaired) electrons. The summed E-state index contributed by atoms with van der Waals surface area (Å²) in [6.07, 6.45) is 4.80. The van der Waals surface area contributed by atoms with Crippen molar-refractivity contribution in [3.05, 3.63) is 130 Å². The Labute approximate surface area is 329 Å². The quantitative estimate of drug-likeness (QED) is 0.0732. The first-order valence-electron chi connectivity index (χ1n) is 19.3. The van der Waals surface area contributed by atoms with Gasteiger partial charge in [0.25, 0.3) is 0 Å². The van der Waals surface area contributed by atoms with Gasteiger partial charge in [-0.25, -0.2) is 8.42 Å². The summed E-state index contributed by atoms with van der Waals surface area (Å²) < 4.78 is 41.1. The van der Waals surface area contributed by atoms with E-state index in [1.54, 1.807) is 12.1 Å². The molecule has 0 N–H and O–H groups in total. The van der Waals surface area contributed by atoms with E-state index in [2.05, 4.69) is 38.1 Å². The summed E-state index contributed by atoms with van der Waals surface area (Å²) >= 11 is 0. The Morgan fingerprint density at radius 1 is 0.679 bits per heavy atom. The van der Waals surface area contributed by atoms with Gasteiger partial charge in [0.2, 0.25) is 0 Å². The molecule has 56 heavy (non-hydrogen) atoms. The molecule has 0 aliphatic heterocycles. The third-order valence-electron chi connectivity index (χ3n) is 10.8. The minimum absolute atomic E-state index is 0.00840. The van der Waals surface area contributed by atoms with Crippen LogP contribution in [0.5, 0.6) is 11.5 Å². The highest BCUT2D eigenvalue weighted by Gasteiger charge is 2.47. The van der Waals surface area contributed by atoms with Gasteiger partial charge in [0.15, 0.2) is 21.4 Å². The number of benzene rings is 4. The number of aryl methyl sites for hydroxylation is 1. The number of fused-ring (bicyclic) bond motifs is 1. The molecule has 0 spiro atoms. The lowest BCUT2D eigenvalue weighted by molar-refractivity contribution is -0.133. The molecule has 0 saturated heterocycles. The first-order valence-corrected chi connectivity index (χ1v) is 21.4. The monoisotopic (exact) mass is 778 g/mol. The van der Waals surface area contributed by atoms with Crippen LogP contribution in [0, 0.1) is 11.8 Å². The second kappa shape index (κ2) is 17.9. The van der Waals surface area contributed by atoms with Gasteiger partial charge < -0.3 is 14.2 Å². The SMILES string of the molecule is CC(C)(c1ccc(OCCCOCCCCc2ccc3c(c2)C(=O)C(C2CCC(=O)CC2=O)C3=O)cc1)c1ccc(OCc2cccc(CS(C)(=O)=O)c2)cc1. The summed E-state index contributed by atoms with van der Waals surface area (Å²) in [7, 11) is -3.10. The maximum Gasteiger partial charge on any atom is 0.175 e. The molecule has 2 atom stereocenters. The van der Waals surface area contributed by atoms with Crippen LogP contribution in [0.15, 0.2) is 91.0 Å². The summed E-state index contributed by atoms with van der Waals surface area (Å²) in [6, 6.07) is 29.1. The van der Waals surface area contributed by atoms with Crippen molar-refractivity contribution in [3.63, 3.8) is 0 Å². The fraction of sp³-hybridized carbons (Fsp3) is 0.391. The highest BCUT2D eigenvalue weighted by molar-refractivity contribution is 7.89. The van der Waals surface area contributed by atoms with E-state index < -0.39 is 21.7 Å². The van der Waals surface area contributed by atoms with Crippen molar-refractivity contribution in [1.29, 1.82) is 0 Å². The molecular formula is C46H50O9S. The molecule has 4 aromatic carbocycles. The van der Waals surface area contributed by atoms with Crippen LogP contribution < -0.4 is 9.47 Å². The van der Waals surface area contributed by atoms with Crippen LogP contribution in [0.3, 0.4) is 0 Å². The van der Waals surface area contributed by atoms with Crippen LogP contribution in [0.1, 0.15) is 101 Å². The number of sulfone groups is 1. The minimum Gasteiger partial charge on any atom is -0.494 e. The maximum atomic E-state index is 13.2. The molecule has 2 unspecified atom stereocenters. The standard InChI is InChI=1S/C46H50O9S/c1-46(2,35-14-19-38(20-15-35)55-29-32-9-6-10-33(26-32)30-56(3,51)52)34-12-17-37(18-13-34)54-25-7-24-53-23-5-4-8-31-11-21-39-41(27-31)45(50)43(44(39)49)40-22-16-36(47)28-42(40)48/h6,9-15,17-21,26-27,40,43H,4-5,7-8,16,22-25,28-30H2,1-3H3. The van der Waals surface area contributed by atoms with Crippen LogP contribution in [0.2, 0.25) is 0 Å². The van der Waals surface area contributed by atoms with Gasteiger partial charge in [0.1, 0.15) is 29.7 Å². The van der Waals surface area contributed by atoms with Crippen molar-refractivity contribution in [3.8, 4) is 11.5 Å². The number of Topliss-reactive ketones (excluding diaryl/α,β-unsaturated/α-hetero) is 4. The zero-order chi connectivity index (χ0) is 39.9. The van der Waals surface area contributed by atoms with E-state index in [9.17, 15) is 27.6 Å². The Morgan fingerprint density at radius 3 is 2.00 bits per heavy atom. The van der Waals surface area contributed by atoms with Gasteiger partial charge in [0, 0.05) is 54.8 Å². The van der Waals surface area contributed by atoms with E-state index in [-0.39, 0.29) is 53.6 Å². The molecule has 294 valence electrons. The Balaban J connectivity index is 0.869. The summed E-state index contributed by atoms with van der Waals surface area (Å²) in [5.41, 5.74) is 5.49. The van der Waals surface area contributed by atoms with Crippen molar-refractivity contribution >= 4 is 33.0 Å². The van der Waals surface area contributed by atoms with E-state index in [0.29, 0.717) is 37.6 Å². The molecule has 9 nitrogen and oxygen atoms in total. The van der Waals surface area contributed by atoms with Crippen molar-refractivity contribution in [2.45, 2.75) is 76.6 Å². The van der Waals surface area contributed by atoms with Crippen LogP contribution in [-0.2, 0) is 48.4 Å². The summed E-state index contributed by atoms with van der Waals surface area (Å²) in [4.78, 5) is 50.3. The summed E-state index contributed by atoms with van der Waals surface area (Å²) in [5.74, 6) is -1.11. The van der Waals surface area contributed by atoms with Crippen molar-refractivity contribution in [2.75, 3.05) is 26.1 Å². The number of carbonyl (C=O) groups excluding carboxylic acids is 4. The lowest BCUT2D eigenvalue weighted by atomic mass is 9.76. The lowest BCUT2D eigenvalue weighted by Crippen LogP contribution is -2.36. The Kier molecular flexibility index (Phi) is 13.0.